The second-order valence-corrected chi connectivity index (χ2v) is 6.63. The number of carbonyl (C=O) groups is 2. The predicted octanol–water partition coefficient (Wildman–Crippen LogP) is 5.25. The molecule has 0 radical (unpaired) electrons. The maximum Gasteiger partial charge on any atom is 0.341 e. The van der Waals surface area contributed by atoms with E-state index in [-0.39, 0.29) is 17.3 Å². The summed E-state index contributed by atoms with van der Waals surface area (Å²) in [5, 5.41) is 4.89. The van der Waals surface area contributed by atoms with Crippen molar-refractivity contribution in [3.63, 3.8) is 0 Å². The zero-order valence-corrected chi connectivity index (χ0v) is 15.2. The molecular formula is C19H13ClFNO3S. The van der Waals surface area contributed by atoms with Gasteiger partial charge in [0.05, 0.1) is 17.7 Å². The number of halogens is 2. The number of esters is 1. The van der Waals surface area contributed by atoms with Crippen molar-refractivity contribution in [3.05, 3.63) is 75.9 Å². The van der Waals surface area contributed by atoms with Gasteiger partial charge in [-0.15, -0.1) is 11.3 Å². The number of methoxy groups -OCH3 is 1. The summed E-state index contributed by atoms with van der Waals surface area (Å²) >= 11 is 7.09. The molecule has 0 aliphatic heterocycles. The largest absolute Gasteiger partial charge is 0.465 e. The molecule has 3 rings (SSSR count). The van der Waals surface area contributed by atoms with E-state index in [1.807, 2.05) is 0 Å². The summed E-state index contributed by atoms with van der Waals surface area (Å²) in [5.74, 6) is -1.34. The number of hydrogen-bond acceptors (Lipinski definition) is 4. The Hall–Kier alpha value is -2.70. The van der Waals surface area contributed by atoms with Gasteiger partial charge >= 0.3 is 5.97 Å². The first-order chi connectivity index (χ1) is 12.5. The molecule has 2 aromatic carbocycles. The number of nitrogens with one attached hydrogen (secondary N) is 1. The van der Waals surface area contributed by atoms with E-state index < -0.39 is 5.97 Å². The van der Waals surface area contributed by atoms with Crippen LogP contribution in [0, 0.1) is 5.82 Å². The van der Waals surface area contributed by atoms with Gasteiger partial charge in [-0.2, -0.15) is 0 Å². The van der Waals surface area contributed by atoms with Gasteiger partial charge in [0.2, 0.25) is 0 Å². The summed E-state index contributed by atoms with van der Waals surface area (Å²) in [6.45, 7) is 0. The molecule has 0 atom stereocenters. The molecule has 1 heterocycles. The molecule has 1 N–H and O–H groups in total. The minimum absolute atomic E-state index is 0.228. The zero-order chi connectivity index (χ0) is 18.7. The Balaban J connectivity index is 1.96. The van der Waals surface area contributed by atoms with Crippen LogP contribution in [0.5, 0.6) is 0 Å². The van der Waals surface area contributed by atoms with Crippen molar-refractivity contribution in [2.45, 2.75) is 0 Å². The molecule has 0 spiro atoms. The van der Waals surface area contributed by atoms with Crippen molar-refractivity contribution in [3.8, 4) is 10.4 Å². The number of anilines is 1. The molecule has 132 valence electrons. The van der Waals surface area contributed by atoms with Gasteiger partial charge in [0, 0.05) is 16.0 Å². The zero-order valence-electron chi connectivity index (χ0n) is 13.6. The van der Waals surface area contributed by atoms with Crippen molar-refractivity contribution in [2.24, 2.45) is 0 Å². The Kier molecular flexibility index (Phi) is 5.35. The molecule has 0 fully saturated rings. The Morgan fingerprint density at radius 3 is 2.35 bits per heavy atom. The first-order valence-corrected chi connectivity index (χ1v) is 8.78. The van der Waals surface area contributed by atoms with E-state index in [1.54, 1.807) is 41.8 Å². The monoisotopic (exact) mass is 389 g/mol. The molecule has 0 unspecified atom stereocenters. The van der Waals surface area contributed by atoms with Gasteiger partial charge in [-0.05, 0) is 42.0 Å². The molecule has 0 aliphatic rings. The van der Waals surface area contributed by atoms with Crippen LogP contribution in [0.25, 0.3) is 10.4 Å². The standard InChI is InChI=1S/C19H13ClFNO3S/c1-25-19(24)16-15(22-18(23)12-2-6-13(20)7-3-12)10-26-17(16)11-4-8-14(21)9-5-11/h2-10H,1H3,(H,22,23). The SMILES string of the molecule is COC(=O)c1c(NC(=O)c2ccc(Cl)cc2)csc1-c1ccc(F)cc1. The Labute approximate surface area is 158 Å². The molecule has 0 saturated carbocycles. The van der Waals surface area contributed by atoms with E-state index >= 15 is 0 Å². The van der Waals surface area contributed by atoms with Gasteiger partial charge in [-0.3, -0.25) is 4.79 Å². The van der Waals surface area contributed by atoms with E-state index in [0.717, 1.165) is 0 Å². The van der Waals surface area contributed by atoms with E-state index in [0.29, 0.717) is 26.7 Å². The number of ether oxygens (including phenoxy) is 1. The van der Waals surface area contributed by atoms with Crippen molar-refractivity contribution < 1.29 is 18.7 Å². The van der Waals surface area contributed by atoms with E-state index in [2.05, 4.69) is 5.32 Å². The molecule has 3 aromatic rings. The maximum absolute atomic E-state index is 13.2. The van der Waals surface area contributed by atoms with Gasteiger partial charge in [0.25, 0.3) is 5.91 Å². The molecular weight excluding hydrogens is 377 g/mol. The average molecular weight is 390 g/mol. The molecule has 0 aliphatic carbocycles. The van der Waals surface area contributed by atoms with Crippen LogP contribution in [0.2, 0.25) is 5.02 Å². The summed E-state index contributed by atoms with van der Waals surface area (Å²) in [4.78, 5) is 25.3. The Morgan fingerprint density at radius 1 is 1.08 bits per heavy atom. The molecule has 26 heavy (non-hydrogen) atoms. The predicted molar refractivity (Wildman–Crippen MR) is 100 cm³/mol. The smallest absolute Gasteiger partial charge is 0.341 e. The molecule has 1 amide bonds. The summed E-state index contributed by atoms with van der Waals surface area (Å²) in [7, 11) is 1.26. The van der Waals surface area contributed by atoms with Crippen molar-refractivity contribution in [1.82, 2.24) is 0 Å². The highest BCUT2D eigenvalue weighted by atomic mass is 35.5. The topological polar surface area (TPSA) is 55.4 Å². The second kappa shape index (κ2) is 7.68. The van der Waals surface area contributed by atoms with Crippen LogP contribution in [0.15, 0.2) is 53.9 Å². The maximum atomic E-state index is 13.2. The number of benzene rings is 2. The Bertz CT molecular complexity index is 952. The lowest BCUT2D eigenvalue weighted by molar-refractivity contribution is 0.0603. The van der Waals surface area contributed by atoms with E-state index in [4.69, 9.17) is 16.3 Å². The normalized spacial score (nSPS) is 10.4. The molecule has 0 bridgehead atoms. The third-order valence-electron chi connectivity index (χ3n) is 3.64. The highest BCUT2D eigenvalue weighted by Gasteiger charge is 2.22. The summed E-state index contributed by atoms with van der Waals surface area (Å²) in [6, 6.07) is 12.1. The minimum Gasteiger partial charge on any atom is -0.465 e. The fourth-order valence-electron chi connectivity index (χ4n) is 2.36. The third-order valence-corrected chi connectivity index (χ3v) is 4.92. The molecule has 4 nitrogen and oxygen atoms in total. The van der Waals surface area contributed by atoms with Gasteiger partial charge in [0.1, 0.15) is 11.4 Å². The van der Waals surface area contributed by atoms with Crippen molar-refractivity contribution in [2.75, 3.05) is 12.4 Å². The summed E-state index contributed by atoms with van der Waals surface area (Å²) in [5.41, 5.74) is 1.62. The molecule has 0 saturated heterocycles. The fourth-order valence-corrected chi connectivity index (χ4v) is 3.49. The first kappa shape index (κ1) is 18.1. The molecule has 7 heteroatoms. The highest BCUT2D eigenvalue weighted by Crippen LogP contribution is 2.36. The molecule has 1 aromatic heterocycles. The van der Waals surface area contributed by atoms with Crippen LogP contribution in [0.4, 0.5) is 10.1 Å². The Morgan fingerprint density at radius 2 is 1.73 bits per heavy atom. The summed E-state index contributed by atoms with van der Waals surface area (Å²) < 4.78 is 18.0. The van der Waals surface area contributed by atoms with Gasteiger partial charge < -0.3 is 10.1 Å². The third kappa shape index (κ3) is 3.76. The van der Waals surface area contributed by atoms with Crippen LogP contribution >= 0.6 is 22.9 Å². The van der Waals surface area contributed by atoms with Crippen LogP contribution in [0.3, 0.4) is 0 Å². The average Bonchev–Trinajstić information content (AvgIpc) is 3.05. The fraction of sp³-hybridized carbons (Fsp3) is 0.0526. The van der Waals surface area contributed by atoms with E-state index in [1.165, 1.54) is 30.6 Å². The highest BCUT2D eigenvalue weighted by molar-refractivity contribution is 7.14. The van der Waals surface area contributed by atoms with Gasteiger partial charge in [0.15, 0.2) is 0 Å². The number of rotatable bonds is 4. The summed E-state index contributed by atoms with van der Waals surface area (Å²) in [6.07, 6.45) is 0. The number of amides is 1. The van der Waals surface area contributed by atoms with Crippen LogP contribution in [0.1, 0.15) is 20.7 Å². The number of carbonyl (C=O) groups excluding carboxylic acids is 2. The second-order valence-electron chi connectivity index (χ2n) is 5.31. The van der Waals surface area contributed by atoms with Crippen LogP contribution < -0.4 is 5.32 Å². The lowest BCUT2D eigenvalue weighted by Crippen LogP contribution is -2.14. The number of hydrogen-bond donors (Lipinski definition) is 1. The van der Waals surface area contributed by atoms with Crippen molar-refractivity contribution >= 4 is 40.5 Å². The number of thiophene rings is 1. The van der Waals surface area contributed by atoms with Gasteiger partial charge in [-0.25, -0.2) is 9.18 Å². The quantitative estimate of drug-likeness (QED) is 0.620. The lowest BCUT2D eigenvalue weighted by atomic mass is 10.1. The van der Waals surface area contributed by atoms with Gasteiger partial charge in [-0.1, -0.05) is 23.7 Å². The van der Waals surface area contributed by atoms with Crippen LogP contribution in [-0.4, -0.2) is 19.0 Å². The van der Waals surface area contributed by atoms with E-state index in [9.17, 15) is 14.0 Å². The lowest BCUT2D eigenvalue weighted by Gasteiger charge is -2.08. The van der Waals surface area contributed by atoms with Crippen molar-refractivity contribution in [1.29, 1.82) is 0 Å². The van der Waals surface area contributed by atoms with Crippen LogP contribution in [-0.2, 0) is 4.74 Å². The first-order valence-electron chi connectivity index (χ1n) is 7.52. The minimum atomic E-state index is -0.586.